The summed E-state index contributed by atoms with van der Waals surface area (Å²) in [7, 11) is 0. The maximum absolute atomic E-state index is 13.2. The topological polar surface area (TPSA) is 55.1 Å². The van der Waals surface area contributed by atoms with Crippen LogP contribution in [0.1, 0.15) is 34.5 Å². The van der Waals surface area contributed by atoms with Crippen LogP contribution in [0.25, 0.3) is 0 Å². The van der Waals surface area contributed by atoms with Crippen LogP contribution in [0.15, 0.2) is 36.4 Å². The quantitative estimate of drug-likeness (QED) is 0.904. The van der Waals surface area contributed by atoms with Gasteiger partial charge in [-0.15, -0.1) is 0 Å². The summed E-state index contributed by atoms with van der Waals surface area (Å²) in [5.74, 6) is -2.23. The summed E-state index contributed by atoms with van der Waals surface area (Å²) in [4.78, 5) is 11.1. The molecule has 0 heterocycles. The second-order valence-corrected chi connectivity index (χ2v) is 4.93. The van der Waals surface area contributed by atoms with Crippen molar-refractivity contribution in [3.8, 4) is 0 Å². The molecule has 3 nitrogen and oxygen atoms in total. The van der Waals surface area contributed by atoms with Crippen LogP contribution in [0.2, 0.25) is 0 Å². The highest BCUT2D eigenvalue weighted by molar-refractivity contribution is 5.93. The van der Waals surface area contributed by atoms with Gasteiger partial charge in [-0.3, -0.25) is 4.79 Å². The van der Waals surface area contributed by atoms with E-state index in [2.05, 4.69) is 5.32 Å². The Bertz CT molecular complexity index is 686. The minimum atomic E-state index is -0.873. The van der Waals surface area contributed by atoms with Gasteiger partial charge in [-0.1, -0.05) is 6.07 Å². The fraction of sp³-hybridized carbons (Fsp3) is 0.188. The van der Waals surface area contributed by atoms with Crippen LogP contribution in [0.5, 0.6) is 0 Å². The predicted molar refractivity (Wildman–Crippen MR) is 78.1 cm³/mol. The lowest BCUT2D eigenvalue weighted by Gasteiger charge is -2.18. The number of carbonyl (C=O) groups is 1. The van der Waals surface area contributed by atoms with Gasteiger partial charge in [-0.25, -0.2) is 8.78 Å². The lowest BCUT2D eigenvalue weighted by Crippen LogP contribution is -2.12. The predicted octanol–water partition coefficient (Wildman–Crippen LogP) is 3.55. The second-order valence-electron chi connectivity index (χ2n) is 4.93. The molecule has 0 aliphatic rings. The van der Waals surface area contributed by atoms with Gasteiger partial charge in [0.1, 0.15) is 0 Å². The van der Waals surface area contributed by atoms with E-state index in [-0.39, 0.29) is 6.04 Å². The van der Waals surface area contributed by atoms with Gasteiger partial charge in [0.25, 0.3) is 0 Å². The van der Waals surface area contributed by atoms with Crippen molar-refractivity contribution in [2.45, 2.75) is 19.9 Å². The Kier molecular flexibility index (Phi) is 4.21. The number of halogens is 2. The van der Waals surface area contributed by atoms with Gasteiger partial charge in [0.2, 0.25) is 5.91 Å². The van der Waals surface area contributed by atoms with E-state index in [1.54, 1.807) is 18.2 Å². The summed E-state index contributed by atoms with van der Waals surface area (Å²) < 4.78 is 26.2. The Morgan fingerprint density at radius 1 is 1.14 bits per heavy atom. The number of rotatable bonds is 4. The number of nitrogens with one attached hydrogen (secondary N) is 1. The molecule has 21 heavy (non-hydrogen) atoms. The number of amides is 1. The molecule has 1 atom stereocenters. The molecular weight excluding hydrogens is 274 g/mol. The number of anilines is 1. The Morgan fingerprint density at radius 2 is 1.86 bits per heavy atom. The zero-order valence-corrected chi connectivity index (χ0v) is 11.8. The summed E-state index contributed by atoms with van der Waals surface area (Å²) in [5.41, 5.74) is 7.93. The van der Waals surface area contributed by atoms with Crippen LogP contribution < -0.4 is 11.1 Å². The second kappa shape index (κ2) is 5.91. The standard InChI is InChI=1S/C16H16F2N2O/c1-9-7-12(16(19)21)4-6-15(9)20-10(2)11-3-5-13(17)14(18)8-11/h3-8,10,20H,1-2H3,(H2,19,21). The molecule has 1 amide bonds. The number of carbonyl (C=O) groups excluding carboxylic acids is 1. The summed E-state index contributed by atoms with van der Waals surface area (Å²) in [6, 6.07) is 8.64. The average Bonchev–Trinajstić information content (AvgIpc) is 2.43. The van der Waals surface area contributed by atoms with Crippen molar-refractivity contribution < 1.29 is 13.6 Å². The van der Waals surface area contributed by atoms with Crippen LogP contribution in [0.4, 0.5) is 14.5 Å². The summed E-state index contributed by atoms with van der Waals surface area (Å²) in [5, 5.41) is 3.20. The summed E-state index contributed by atoms with van der Waals surface area (Å²) >= 11 is 0. The maximum Gasteiger partial charge on any atom is 0.248 e. The van der Waals surface area contributed by atoms with E-state index in [0.717, 1.165) is 17.3 Å². The Morgan fingerprint density at radius 3 is 2.43 bits per heavy atom. The zero-order chi connectivity index (χ0) is 15.6. The summed E-state index contributed by atoms with van der Waals surface area (Å²) in [6.45, 7) is 3.68. The highest BCUT2D eigenvalue weighted by Crippen LogP contribution is 2.24. The number of nitrogens with two attached hydrogens (primary N) is 1. The molecule has 3 N–H and O–H groups in total. The van der Waals surface area contributed by atoms with Crippen molar-refractivity contribution in [3.05, 3.63) is 64.7 Å². The van der Waals surface area contributed by atoms with E-state index in [1.165, 1.54) is 12.1 Å². The van der Waals surface area contributed by atoms with Gasteiger partial charge >= 0.3 is 0 Å². The molecule has 0 bridgehead atoms. The molecular formula is C16H16F2N2O. The zero-order valence-electron chi connectivity index (χ0n) is 11.8. The molecule has 0 saturated carbocycles. The van der Waals surface area contributed by atoms with Crippen molar-refractivity contribution >= 4 is 11.6 Å². The number of benzene rings is 2. The third kappa shape index (κ3) is 3.37. The van der Waals surface area contributed by atoms with Crippen molar-refractivity contribution in [2.24, 2.45) is 5.73 Å². The number of primary amides is 1. The molecule has 0 saturated heterocycles. The lowest BCUT2D eigenvalue weighted by atomic mass is 10.1. The van der Waals surface area contributed by atoms with Gasteiger partial charge < -0.3 is 11.1 Å². The van der Waals surface area contributed by atoms with Crippen LogP contribution >= 0.6 is 0 Å². The van der Waals surface area contributed by atoms with Crippen LogP contribution in [0, 0.1) is 18.6 Å². The Hall–Kier alpha value is -2.43. The average molecular weight is 290 g/mol. The third-order valence-corrected chi connectivity index (χ3v) is 3.33. The van der Waals surface area contributed by atoms with Crippen molar-refractivity contribution in [2.75, 3.05) is 5.32 Å². The number of hydrogen-bond acceptors (Lipinski definition) is 2. The van der Waals surface area contributed by atoms with Crippen molar-refractivity contribution in [1.29, 1.82) is 0 Å². The normalized spacial score (nSPS) is 12.0. The first-order valence-corrected chi connectivity index (χ1v) is 6.50. The van der Waals surface area contributed by atoms with Gasteiger partial charge in [0.15, 0.2) is 11.6 Å². The summed E-state index contributed by atoms with van der Waals surface area (Å²) in [6.07, 6.45) is 0. The van der Waals surface area contributed by atoms with Gasteiger partial charge in [0, 0.05) is 17.3 Å². The molecule has 2 aromatic carbocycles. The van der Waals surface area contributed by atoms with E-state index in [4.69, 9.17) is 5.73 Å². The van der Waals surface area contributed by atoms with E-state index < -0.39 is 17.5 Å². The van der Waals surface area contributed by atoms with Crippen molar-refractivity contribution in [1.82, 2.24) is 0 Å². The fourth-order valence-electron chi connectivity index (χ4n) is 2.08. The van der Waals surface area contributed by atoms with E-state index in [0.29, 0.717) is 11.1 Å². The highest BCUT2D eigenvalue weighted by atomic mass is 19.2. The minimum absolute atomic E-state index is 0.210. The largest absolute Gasteiger partial charge is 0.378 e. The first-order chi connectivity index (χ1) is 9.88. The van der Waals surface area contributed by atoms with E-state index in [1.807, 2.05) is 13.8 Å². The molecule has 110 valence electrons. The highest BCUT2D eigenvalue weighted by Gasteiger charge is 2.11. The number of aryl methyl sites for hydroxylation is 1. The molecule has 5 heteroatoms. The SMILES string of the molecule is Cc1cc(C(N)=O)ccc1NC(C)c1ccc(F)c(F)c1. The van der Waals surface area contributed by atoms with Crippen LogP contribution in [-0.4, -0.2) is 5.91 Å². The van der Waals surface area contributed by atoms with E-state index in [9.17, 15) is 13.6 Å². The molecule has 0 radical (unpaired) electrons. The Balaban J connectivity index is 2.21. The fourth-order valence-corrected chi connectivity index (χ4v) is 2.08. The van der Waals surface area contributed by atoms with Crippen LogP contribution in [-0.2, 0) is 0 Å². The molecule has 0 aliphatic carbocycles. The monoisotopic (exact) mass is 290 g/mol. The Labute approximate surface area is 121 Å². The van der Waals surface area contributed by atoms with Gasteiger partial charge in [-0.05, 0) is 55.3 Å². The lowest BCUT2D eigenvalue weighted by molar-refractivity contribution is 0.1000. The minimum Gasteiger partial charge on any atom is -0.378 e. The van der Waals surface area contributed by atoms with Crippen molar-refractivity contribution in [3.63, 3.8) is 0 Å². The molecule has 1 unspecified atom stereocenters. The molecule has 2 aromatic rings. The van der Waals surface area contributed by atoms with Gasteiger partial charge in [-0.2, -0.15) is 0 Å². The smallest absolute Gasteiger partial charge is 0.248 e. The molecule has 0 spiro atoms. The molecule has 2 rings (SSSR count). The van der Waals surface area contributed by atoms with Gasteiger partial charge in [0.05, 0.1) is 0 Å². The number of hydrogen-bond donors (Lipinski definition) is 2. The first-order valence-electron chi connectivity index (χ1n) is 6.50. The maximum atomic E-state index is 13.2. The molecule has 0 aromatic heterocycles. The van der Waals surface area contributed by atoms with Crippen LogP contribution in [0.3, 0.4) is 0 Å². The first kappa shape index (κ1) is 15.0. The molecule has 0 aliphatic heterocycles. The third-order valence-electron chi connectivity index (χ3n) is 3.33. The van der Waals surface area contributed by atoms with E-state index >= 15 is 0 Å². The molecule has 0 fully saturated rings.